The Bertz CT molecular complexity index is 424. The molecule has 2 rings (SSSR count). The highest BCUT2D eigenvalue weighted by atomic mass is 35.5. The lowest BCUT2D eigenvalue weighted by Crippen LogP contribution is -2.30. The first-order valence-corrected chi connectivity index (χ1v) is 8.56. The average Bonchev–Trinajstić information content (AvgIpc) is 3.24. The first kappa shape index (κ1) is 15.8. The van der Waals surface area contributed by atoms with Gasteiger partial charge in [-0.25, -0.2) is 0 Å². The van der Waals surface area contributed by atoms with Gasteiger partial charge < -0.3 is 5.32 Å². The summed E-state index contributed by atoms with van der Waals surface area (Å²) >= 11 is 6.46. The van der Waals surface area contributed by atoms with Crippen molar-refractivity contribution in [2.75, 3.05) is 6.54 Å². The predicted octanol–water partition coefficient (Wildman–Crippen LogP) is 3.83. The van der Waals surface area contributed by atoms with Gasteiger partial charge in [0.2, 0.25) is 0 Å². The molecule has 4 heteroatoms. The van der Waals surface area contributed by atoms with Crippen LogP contribution in [0.5, 0.6) is 0 Å². The van der Waals surface area contributed by atoms with E-state index in [2.05, 4.69) is 35.9 Å². The van der Waals surface area contributed by atoms with Gasteiger partial charge in [-0.3, -0.25) is 4.68 Å². The third-order valence-electron chi connectivity index (χ3n) is 4.28. The molecule has 1 aliphatic carbocycles. The summed E-state index contributed by atoms with van der Waals surface area (Å²) in [5.41, 5.74) is 2.28. The number of hydrogen-bond acceptors (Lipinski definition) is 2. The average molecular weight is 298 g/mol. The van der Waals surface area contributed by atoms with Crippen molar-refractivity contribution in [2.24, 2.45) is 5.92 Å². The van der Waals surface area contributed by atoms with Gasteiger partial charge in [0.25, 0.3) is 0 Å². The van der Waals surface area contributed by atoms with E-state index in [1.807, 2.05) is 0 Å². The zero-order chi connectivity index (χ0) is 14.5. The summed E-state index contributed by atoms with van der Waals surface area (Å²) in [7, 11) is 0. The molecule has 1 unspecified atom stereocenters. The molecule has 1 fully saturated rings. The number of halogens is 1. The van der Waals surface area contributed by atoms with Crippen molar-refractivity contribution in [3.05, 3.63) is 16.4 Å². The molecule has 20 heavy (non-hydrogen) atoms. The van der Waals surface area contributed by atoms with Gasteiger partial charge in [0.1, 0.15) is 0 Å². The number of aryl methyl sites for hydroxylation is 2. The number of rotatable bonds is 9. The molecule has 0 saturated heterocycles. The topological polar surface area (TPSA) is 29.9 Å². The van der Waals surface area contributed by atoms with Crippen LogP contribution in [-0.2, 0) is 19.4 Å². The highest BCUT2D eigenvalue weighted by Crippen LogP contribution is 2.35. The fourth-order valence-electron chi connectivity index (χ4n) is 3.01. The summed E-state index contributed by atoms with van der Waals surface area (Å²) in [6.07, 6.45) is 7.24. The maximum absolute atomic E-state index is 6.46. The lowest BCUT2D eigenvalue weighted by atomic mass is 10.0. The van der Waals surface area contributed by atoms with Crippen molar-refractivity contribution in [1.29, 1.82) is 0 Å². The summed E-state index contributed by atoms with van der Waals surface area (Å²) in [5, 5.41) is 9.14. The fraction of sp³-hybridized carbons (Fsp3) is 0.812. The van der Waals surface area contributed by atoms with Crippen LogP contribution in [-0.4, -0.2) is 22.4 Å². The van der Waals surface area contributed by atoms with Crippen molar-refractivity contribution in [3.63, 3.8) is 0 Å². The van der Waals surface area contributed by atoms with Gasteiger partial charge in [0.05, 0.1) is 16.4 Å². The third-order valence-corrected chi connectivity index (χ3v) is 4.72. The SMILES string of the molecule is CCNC(CCCc1c(Cl)c(CC)nn1CC)C1CC1. The van der Waals surface area contributed by atoms with E-state index in [1.165, 1.54) is 31.4 Å². The highest BCUT2D eigenvalue weighted by Gasteiger charge is 2.30. The van der Waals surface area contributed by atoms with Gasteiger partial charge in [-0.15, -0.1) is 0 Å². The Morgan fingerprint density at radius 1 is 1.35 bits per heavy atom. The summed E-state index contributed by atoms with van der Waals surface area (Å²) in [4.78, 5) is 0. The monoisotopic (exact) mass is 297 g/mol. The van der Waals surface area contributed by atoms with E-state index in [9.17, 15) is 0 Å². The number of aromatic nitrogens is 2. The molecule has 1 aromatic rings. The molecule has 1 heterocycles. The Hall–Kier alpha value is -0.540. The maximum Gasteiger partial charge on any atom is 0.0849 e. The Morgan fingerprint density at radius 2 is 2.10 bits per heavy atom. The molecule has 3 nitrogen and oxygen atoms in total. The normalized spacial score (nSPS) is 16.6. The Balaban J connectivity index is 1.91. The predicted molar refractivity (Wildman–Crippen MR) is 85.4 cm³/mol. The van der Waals surface area contributed by atoms with Crippen LogP contribution in [0.2, 0.25) is 5.02 Å². The summed E-state index contributed by atoms with van der Waals surface area (Å²) in [5.74, 6) is 0.924. The zero-order valence-electron chi connectivity index (χ0n) is 13.1. The zero-order valence-corrected chi connectivity index (χ0v) is 13.8. The lowest BCUT2D eigenvalue weighted by molar-refractivity contribution is 0.431. The van der Waals surface area contributed by atoms with E-state index >= 15 is 0 Å². The molecule has 0 aliphatic heterocycles. The molecule has 0 amide bonds. The summed E-state index contributed by atoms with van der Waals surface area (Å²) in [6, 6.07) is 0.711. The lowest BCUT2D eigenvalue weighted by Gasteiger charge is -2.17. The van der Waals surface area contributed by atoms with E-state index in [4.69, 9.17) is 11.6 Å². The molecule has 1 atom stereocenters. The van der Waals surface area contributed by atoms with Gasteiger partial charge >= 0.3 is 0 Å². The second-order valence-corrected chi connectivity index (χ2v) is 6.15. The second-order valence-electron chi connectivity index (χ2n) is 5.77. The van der Waals surface area contributed by atoms with Crippen LogP contribution < -0.4 is 5.32 Å². The Labute approximate surface area is 128 Å². The molecule has 114 valence electrons. The van der Waals surface area contributed by atoms with Crippen molar-refractivity contribution >= 4 is 11.6 Å². The van der Waals surface area contributed by atoms with E-state index in [0.29, 0.717) is 6.04 Å². The number of nitrogens with zero attached hydrogens (tertiary/aromatic N) is 2. The van der Waals surface area contributed by atoms with E-state index < -0.39 is 0 Å². The summed E-state index contributed by atoms with van der Waals surface area (Å²) < 4.78 is 2.08. The first-order chi connectivity index (χ1) is 9.71. The molecule has 0 aromatic carbocycles. The maximum atomic E-state index is 6.46. The molecular formula is C16H28ClN3. The molecule has 0 radical (unpaired) electrons. The van der Waals surface area contributed by atoms with Crippen molar-refractivity contribution in [3.8, 4) is 0 Å². The van der Waals surface area contributed by atoms with Crippen molar-refractivity contribution < 1.29 is 0 Å². The van der Waals surface area contributed by atoms with Crippen LogP contribution in [0.15, 0.2) is 0 Å². The fourth-order valence-corrected chi connectivity index (χ4v) is 3.37. The molecule has 1 aliphatic rings. The molecule has 1 N–H and O–H groups in total. The van der Waals surface area contributed by atoms with Crippen molar-refractivity contribution in [1.82, 2.24) is 15.1 Å². The van der Waals surface area contributed by atoms with Crippen LogP contribution in [0.4, 0.5) is 0 Å². The van der Waals surface area contributed by atoms with Gasteiger partial charge in [-0.2, -0.15) is 5.10 Å². The number of nitrogens with one attached hydrogen (secondary N) is 1. The Morgan fingerprint density at radius 3 is 2.65 bits per heavy atom. The number of hydrogen-bond donors (Lipinski definition) is 1. The largest absolute Gasteiger partial charge is 0.314 e. The van der Waals surface area contributed by atoms with Gasteiger partial charge in [0.15, 0.2) is 0 Å². The molecule has 1 saturated carbocycles. The van der Waals surface area contributed by atoms with E-state index in [1.54, 1.807) is 0 Å². The second kappa shape index (κ2) is 7.46. The molecule has 1 aromatic heterocycles. The highest BCUT2D eigenvalue weighted by molar-refractivity contribution is 6.31. The summed E-state index contributed by atoms with van der Waals surface area (Å²) in [6.45, 7) is 8.44. The molecular weight excluding hydrogens is 270 g/mol. The van der Waals surface area contributed by atoms with Gasteiger partial charge in [-0.05, 0) is 57.9 Å². The standard InChI is InChI=1S/C16H28ClN3/c1-4-13-16(17)15(20(6-3)19-13)9-7-8-14(18-5-2)12-10-11-12/h12,14,18H,4-11H2,1-3H3. The molecule has 0 spiro atoms. The van der Waals surface area contributed by atoms with Crippen LogP contribution >= 0.6 is 11.6 Å². The van der Waals surface area contributed by atoms with Crippen LogP contribution in [0.3, 0.4) is 0 Å². The smallest absolute Gasteiger partial charge is 0.0849 e. The van der Waals surface area contributed by atoms with Crippen LogP contribution in [0.1, 0.15) is 57.8 Å². The minimum Gasteiger partial charge on any atom is -0.314 e. The van der Waals surface area contributed by atoms with E-state index in [0.717, 1.165) is 42.6 Å². The van der Waals surface area contributed by atoms with Crippen molar-refractivity contribution in [2.45, 2.75) is 71.9 Å². The quantitative estimate of drug-likeness (QED) is 0.751. The van der Waals surface area contributed by atoms with Gasteiger partial charge in [0, 0.05) is 12.6 Å². The first-order valence-electron chi connectivity index (χ1n) is 8.18. The molecule has 0 bridgehead atoms. The van der Waals surface area contributed by atoms with E-state index in [-0.39, 0.29) is 0 Å². The third kappa shape index (κ3) is 3.76. The Kier molecular flexibility index (Phi) is 5.91. The minimum absolute atomic E-state index is 0.711. The van der Waals surface area contributed by atoms with Crippen LogP contribution in [0.25, 0.3) is 0 Å². The van der Waals surface area contributed by atoms with Gasteiger partial charge in [-0.1, -0.05) is 25.4 Å². The van der Waals surface area contributed by atoms with Crippen LogP contribution in [0, 0.1) is 5.92 Å². The minimum atomic E-state index is 0.711.